The van der Waals surface area contributed by atoms with Gasteiger partial charge in [0.25, 0.3) is 0 Å². The molecule has 0 spiro atoms. The Morgan fingerprint density at radius 1 is 0.875 bits per heavy atom. The number of ether oxygens (including phenoxy) is 2. The van der Waals surface area contributed by atoms with E-state index in [0.29, 0.717) is 18.6 Å². The Labute approximate surface area is 188 Å². The van der Waals surface area contributed by atoms with Gasteiger partial charge in [0.15, 0.2) is 0 Å². The van der Waals surface area contributed by atoms with Crippen LogP contribution in [0.25, 0.3) is 10.8 Å². The molecule has 4 nitrogen and oxygen atoms in total. The normalized spacial score (nSPS) is 10.8. The highest BCUT2D eigenvalue weighted by Gasteiger charge is 2.13. The molecule has 0 fully saturated rings. The highest BCUT2D eigenvalue weighted by molar-refractivity contribution is 5.90. The number of carboxylic acids is 1. The van der Waals surface area contributed by atoms with Crippen molar-refractivity contribution >= 4 is 16.7 Å². The molecule has 0 aliphatic carbocycles. The van der Waals surface area contributed by atoms with Crippen molar-refractivity contribution in [1.82, 2.24) is 0 Å². The zero-order valence-corrected chi connectivity index (χ0v) is 18.1. The van der Waals surface area contributed by atoms with E-state index in [1.807, 2.05) is 48.5 Å². The lowest BCUT2D eigenvalue weighted by Gasteiger charge is -2.15. The first kappa shape index (κ1) is 21.4. The van der Waals surface area contributed by atoms with Gasteiger partial charge in [0, 0.05) is 5.56 Å². The summed E-state index contributed by atoms with van der Waals surface area (Å²) in [5.41, 5.74) is 3.47. The summed E-state index contributed by atoms with van der Waals surface area (Å²) < 4.78 is 11.6. The van der Waals surface area contributed by atoms with Crippen LogP contribution in [0.1, 0.15) is 33.5 Å². The maximum absolute atomic E-state index is 11.5. The lowest BCUT2D eigenvalue weighted by molar-refractivity contribution is 0.0695. The first-order chi connectivity index (χ1) is 15.7. The standard InChI is InChI=1S/C28H26O4/c1-31-23-15-16-24-22(18-23)14-17-27(32-19-20-8-3-2-4-9-20)26(24)13-7-11-21-10-5-6-12-25(21)28(29)30/h2-6,8-10,12,14-18H,7,11,13,19H2,1H3,(H,29,30). The molecule has 0 saturated heterocycles. The summed E-state index contributed by atoms with van der Waals surface area (Å²) in [5.74, 6) is 0.791. The lowest BCUT2D eigenvalue weighted by Crippen LogP contribution is -2.04. The average molecular weight is 427 g/mol. The number of carbonyl (C=O) groups is 1. The second-order valence-electron chi connectivity index (χ2n) is 7.72. The van der Waals surface area contributed by atoms with Crippen molar-refractivity contribution in [3.8, 4) is 11.5 Å². The van der Waals surface area contributed by atoms with E-state index in [-0.39, 0.29) is 0 Å². The van der Waals surface area contributed by atoms with Crippen molar-refractivity contribution in [2.45, 2.75) is 25.9 Å². The Morgan fingerprint density at radius 2 is 1.66 bits per heavy atom. The van der Waals surface area contributed by atoms with Crippen molar-refractivity contribution in [3.63, 3.8) is 0 Å². The van der Waals surface area contributed by atoms with Crippen molar-refractivity contribution in [3.05, 3.63) is 107 Å². The van der Waals surface area contributed by atoms with Crippen molar-refractivity contribution < 1.29 is 19.4 Å². The maximum Gasteiger partial charge on any atom is 0.335 e. The third kappa shape index (κ3) is 4.92. The van der Waals surface area contributed by atoms with Crippen LogP contribution in [0, 0.1) is 0 Å². The van der Waals surface area contributed by atoms with Crippen LogP contribution < -0.4 is 9.47 Å². The molecule has 0 radical (unpaired) electrons. The molecule has 162 valence electrons. The second-order valence-corrected chi connectivity index (χ2v) is 7.72. The van der Waals surface area contributed by atoms with Crippen LogP contribution in [0.4, 0.5) is 0 Å². The molecule has 4 rings (SSSR count). The fourth-order valence-corrected chi connectivity index (χ4v) is 4.01. The number of rotatable bonds is 9. The van der Waals surface area contributed by atoms with E-state index in [9.17, 15) is 9.90 Å². The van der Waals surface area contributed by atoms with Gasteiger partial charge in [-0.25, -0.2) is 4.79 Å². The molecular weight excluding hydrogens is 400 g/mol. The van der Waals surface area contributed by atoms with E-state index in [4.69, 9.17) is 9.47 Å². The summed E-state index contributed by atoms with van der Waals surface area (Å²) in [5, 5.41) is 11.7. The van der Waals surface area contributed by atoms with Gasteiger partial charge in [0.1, 0.15) is 18.1 Å². The van der Waals surface area contributed by atoms with Gasteiger partial charge in [-0.2, -0.15) is 0 Å². The smallest absolute Gasteiger partial charge is 0.335 e. The predicted molar refractivity (Wildman–Crippen MR) is 127 cm³/mol. The van der Waals surface area contributed by atoms with Gasteiger partial charge in [-0.3, -0.25) is 0 Å². The SMILES string of the molecule is COc1ccc2c(CCCc3ccccc3C(=O)O)c(OCc3ccccc3)ccc2c1. The largest absolute Gasteiger partial charge is 0.497 e. The van der Waals surface area contributed by atoms with Crippen molar-refractivity contribution in [1.29, 1.82) is 0 Å². The zero-order valence-electron chi connectivity index (χ0n) is 18.1. The number of hydrogen-bond acceptors (Lipinski definition) is 3. The molecule has 0 heterocycles. The minimum atomic E-state index is -0.885. The minimum absolute atomic E-state index is 0.371. The lowest BCUT2D eigenvalue weighted by atomic mass is 9.96. The molecule has 0 amide bonds. The molecular formula is C28H26O4. The third-order valence-electron chi connectivity index (χ3n) is 5.65. The summed E-state index contributed by atoms with van der Waals surface area (Å²) >= 11 is 0. The van der Waals surface area contributed by atoms with Crippen molar-refractivity contribution in [2.24, 2.45) is 0 Å². The van der Waals surface area contributed by atoms with Crippen LogP contribution in [0.15, 0.2) is 84.9 Å². The Kier molecular flexibility index (Phi) is 6.71. The number of hydrogen-bond donors (Lipinski definition) is 1. The monoisotopic (exact) mass is 426 g/mol. The van der Waals surface area contributed by atoms with Gasteiger partial charge in [0.2, 0.25) is 0 Å². The predicted octanol–water partition coefficient (Wildman–Crippen LogP) is 6.30. The molecule has 0 aliphatic heterocycles. The Bertz CT molecular complexity index is 1210. The van der Waals surface area contributed by atoms with Gasteiger partial charge in [-0.1, -0.05) is 60.7 Å². The zero-order chi connectivity index (χ0) is 22.3. The summed E-state index contributed by atoms with van der Waals surface area (Å²) in [7, 11) is 1.67. The average Bonchev–Trinajstić information content (AvgIpc) is 2.83. The molecule has 0 saturated carbocycles. The molecule has 0 atom stereocenters. The van der Waals surface area contributed by atoms with Gasteiger partial charge in [-0.05, 0) is 65.4 Å². The quantitative estimate of drug-likeness (QED) is 0.341. The molecule has 32 heavy (non-hydrogen) atoms. The van der Waals surface area contributed by atoms with Crippen LogP contribution in [-0.2, 0) is 19.4 Å². The minimum Gasteiger partial charge on any atom is -0.497 e. The van der Waals surface area contributed by atoms with E-state index in [0.717, 1.165) is 51.8 Å². The number of aryl methyl sites for hydroxylation is 2. The van der Waals surface area contributed by atoms with E-state index < -0.39 is 5.97 Å². The van der Waals surface area contributed by atoms with Crippen LogP contribution in [-0.4, -0.2) is 18.2 Å². The molecule has 0 bridgehead atoms. The van der Waals surface area contributed by atoms with E-state index in [1.54, 1.807) is 19.2 Å². The number of aromatic carboxylic acids is 1. The number of benzene rings is 4. The van der Waals surface area contributed by atoms with E-state index in [2.05, 4.69) is 24.3 Å². The van der Waals surface area contributed by atoms with Crippen LogP contribution in [0.5, 0.6) is 11.5 Å². The fourth-order valence-electron chi connectivity index (χ4n) is 4.01. The highest BCUT2D eigenvalue weighted by Crippen LogP contribution is 2.32. The highest BCUT2D eigenvalue weighted by atomic mass is 16.5. The van der Waals surface area contributed by atoms with Crippen LogP contribution in [0.2, 0.25) is 0 Å². The second kappa shape index (κ2) is 10.0. The van der Waals surface area contributed by atoms with E-state index in [1.165, 1.54) is 0 Å². The molecule has 4 aromatic rings. The molecule has 1 N–H and O–H groups in total. The molecule has 0 aromatic heterocycles. The van der Waals surface area contributed by atoms with Crippen molar-refractivity contribution in [2.75, 3.05) is 7.11 Å². The van der Waals surface area contributed by atoms with Crippen LogP contribution in [0.3, 0.4) is 0 Å². The Balaban J connectivity index is 1.60. The summed E-state index contributed by atoms with van der Waals surface area (Å²) in [6, 6.07) is 27.5. The fraction of sp³-hybridized carbons (Fsp3) is 0.179. The molecule has 0 unspecified atom stereocenters. The molecule has 4 aromatic carbocycles. The van der Waals surface area contributed by atoms with Crippen LogP contribution >= 0.6 is 0 Å². The molecule has 4 heteroatoms. The number of fused-ring (bicyclic) bond motifs is 1. The van der Waals surface area contributed by atoms with Gasteiger partial charge >= 0.3 is 5.97 Å². The van der Waals surface area contributed by atoms with Gasteiger partial charge in [0.05, 0.1) is 12.7 Å². The Morgan fingerprint density at radius 3 is 2.44 bits per heavy atom. The molecule has 0 aliphatic rings. The Hall–Kier alpha value is -3.79. The summed E-state index contributed by atoms with van der Waals surface area (Å²) in [4.78, 5) is 11.5. The summed E-state index contributed by atoms with van der Waals surface area (Å²) in [6.07, 6.45) is 2.28. The first-order valence-corrected chi connectivity index (χ1v) is 10.7. The topological polar surface area (TPSA) is 55.8 Å². The summed E-state index contributed by atoms with van der Waals surface area (Å²) in [6.45, 7) is 0.497. The van der Waals surface area contributed by atoms with Gasteiger partial charge in [-0.15, -0.1) is 0 Å². The van der Waals surface area contributed by atoms with E-state index >= 15 is 0 Å². The maximum atomic E-state index is 11.5. The number of carboxylic acid groups (broad SMARTS) is 1. The number of methoxy groups -OCH3 is 1. The first-order valence-electron chi connectivity index (χ1n) is 10.7. The third-order valence-corrected chi connectivity index (χ3v) is 5.65. The van der Waals surface area contributed by atoms with Gasteiger partial charge < -0.3 is 14.6 Å².